The SMILES string of the molecule is CCCC(C)(C)C(N)(CN)C(C)(C)CCC. The molecule has 16 heavy (non-hydrogen) atoms. The largest absolute Gasteiger partial charge is 0.329 e. The van der Waals surface area contributed by atoms with Crippen LogP contribution in [0.15, 0.2) is 0 Å². The third-order valence-corrected chi connectivity index (χ3v) is 4.49. The van der Waals surface area contributed by atoms with Crippen LogP contribution >= 0.6 is 0 Å². The maximum atomic E-state index is 6.70. The molecule has 0 heterocycles. The molecule has 0 aromatic heterocycles. The van der Waals surface area contributed by atoms with Gasteiger partial charge in [-0.1, -0.05) is 54.4 Å². The average Bonchev–Trinajstić information content (AvgIpc) is 2.15. The zero-order valence-electron chi connectivity index (χ0n) is 12.2. The molecule has 0 aliphatic rings. The van der Waals surface area contributed by atoms with Crippen molar-refractivity contribution >= 4 is 0 Å². The fourth-order valence-corrected chi connectivity index (χ4v) is 3.16. The van der Waals surface area contributed by atoms with Gasteiger partial charge in [-0.3, -0.25) is 0 Å². The van der Waals surface area contributed by atoms with Crippen molar-refractivity contribution in [3.05, 3.63) is 0 Å². The molecule has 0 saturated heterocycles. The maximum absolute atomic E-state index is 6.70. The molecule has 0 fully saturated rings. The van der Waals surface area contributed by atoms with E-state index in [0.29, 0.717) is 6.54 Å². The van der Waals surface area contributed by atoms with Crippen LogP contribution in [0, 0.1) is 10.8 Å². The van der Waals surface area contributed by atoms with Gasteiger partial charge in [-0.2, -0.15) is 0 Å². The molecule has 0 aromatic rings. The second-order valence-corrected chi connectivity index (χ2v) is 6.44. The molecular weight excluding hydrogens is 196 g/mol. The van der Waals surface area contributed by atoms with Crippen LogP contribution in [-0.4, -0.2) is 12.1 Å². The summed E-state index contributed by atoms with van der Waals surface area (Å²) in [5.74, 6) is 0. The summed E-state index contributed by atoms with van der Waals surface area (Å²) in [4.78, 5) is 0. The minimum Gasteiger partial charge on any atom is -0.329 e. The first-order valence-electron chi connectivity index (χ1n) is 6.67. The van der Waals surface area contributed by atoms with E-state index < -0.39 is 0 Å². The predicted molar refractivity (Wildman–Crippen MR) is 73.4 cm³/mol. The van der Waals surface area contributed by atoms with E-state index in [0.717, 1.165) is 25.7 Å². The fourth-order valence-electron chi connectivity index (χ4n) is 3.16. The summed E-state index contributed by atoms with van der Waals surface area (Å²) in [7, 11) is 0. The zero-order valence-corrected chi connectivity index (χ0v) is 12.2. The first-order valence-corrected chi connectivity index (χ1v) is 6.67. The minimum atomic E-state index is -0.286. The lowest BCUT2D eigenvalue weighted by Crippen LogP contribution is -2.66. The van der Waals surface area contributed by atoms with E-state index in [2.05, 4.69) is 41.5 Å². The van der Waals surface area contributed by atoms with Gasteiger partial charge in [0, 0.05) is 12.1 Å². The molecule has 2 nitrogen and oxygen atoms in total. The highest BCUT2D eigenvalue weighted by Gasteiger charge is 2.49. The van der Waals surface area contributed by atoms with Crippen molar-refractivity contribution in [1.29, 1.82) is 0 Å². The Hall–Kier alpha value is -0.0800. The Labute approximate surface area is 102 Å². The van der Waals surface area contributed by atoms with Crippen molar-refractivity contribution < 1.29 is 0 Å². The molecule has 0 aliphatic carbocycles. The molecule has 98 valence electrons. The van der Waals surface area contributed by atoms with E-state index in [9.17, 15) is 0 Å². The first-order chi connectivity index (χ1) is 7.18. The highest BCUT2D eigenvalue weighted by Crippen LogP contribution is 2.46. The topological polar surface area (TPSA) is 52.0 Å². The first kappa shape index (κ1) is 15.9. The van der Waals surface area contributed by atoms with Crippen molar-refractivity contribution in [1.82, 2.24) is 0 Å². The average molecular weight is 228 g/mol. The highest BCUT2D eigenvalue weighted by atomic mass is 14.9. The normalized spacial score (nSPS) is 14.2. The Morgan fingerprint density at radius 1 is 0.812 bits per heavy atom. The van der Waals surface area contributed by atoms with Crippen LogP contribution in [0.3, 0.4) is 0 Å². The monoisotopic (exact) mass is 228 g/mol. The van der Waals surface area contributed by atoms with Crippen LogP contribution in [0.5, 0.6) is 0 Å². The standard InChI is InChI=1S/C14H32N2/c1-7-9-12(3,4)14(16,11-15)13(5,6)10-8-2/h7-11,15-16H2,1-6H3. The van der Waals surface area contributed by atoms with Gasteiger partial charge in [0.05, 0.1) is 0 Å². The van der Waals surface area contributed by atoms with Gasteiger partial charge in [0.25, 0.3) is 0 Å². The number of rotatable bonds is 7. The van der Waals surface area contributed by atoms with Crippen LogP contribution in [0.25, 0.3) is 0 Å². The molecule has 2 heteroatoms. The van der Waals surface area contributed by atoms with Crippen LogP contribution in [0.2, 0.25) is 0 Å². The van der Waals surface area contributed by atoms with E-state index in [1.807, 2.05) is 0 Å². The van der Waals surface area contributed by atoms with Gasteiger partial charge >= 0.3 is 0 Å². The van der Waals surface area contributed by atoms with Crippen LogP contribution < -0.4 is 11.5 Å². The molecule has 0 aliphatic heterocycles. The Balaban J connectivity index is 5.17. The summed E-state index contributed by atoms with van der Waals surface area (Å²) in [5, 5.41) is 0. The molecule has 0 rings (SSSR count). The minimum absolute atomic E-state index is 0.0924. The number of nitrogens with two attached hydrogens (primary N) is 2. The van der Waals surface area contributed by atoms with Crippen molar-refractivity contribution in [3.8, 4) is 0 Å². The van der Waals surface area contributed by atoms with Crippen molar-refractivity contribution in [2.45, 2.75) is 72.8 Å². The maximum Gasteiger partial charge on any atom is 0.0382 e. The van der Waals surface area contributed by atoms with Crippen molar-refractivity contribution in [3.63, 3.8) is 0 Å². The van der Waals surface area contributed by atoms with E-state index in [1.165, 1.54) is 0 Å². The lowest BCUT2D eigenvalue weighted by atomic mass is 9.56. The van der Waals surface area contributed by atoms with Crippen LogP contribution in [-0.2, 0) is 0 Å². The van der Waals surface area contributed by atoms with Gasteiger partial charge in [-0.25, -0.2) is 0 Å². The molecule has 0 aromatic carbocycles. The lowest BCUT2D eigenvalue weighted by Gasteiger charge is -2.53. The molecule has 0 atom stereocenters. The Bertz CT molecular complexity index is 189. The van der Waals surface area contributed by atoms with Gasteiger partial charge in [0.1, 0.15) is 0 Å². The second-order valence-electron chi connectivity index (χ2n) is 6.44. The van der Waals surface area contributed by atoms with Gasteiger partial charge in [-0.05, 0) is 23.7 Å². The van der Waals surface area contributed by atoms with Crippen molar-refractivity contribution in [2.75, 3.05) is 6.54 Å². The summed E-state index contributed by atoms with van der Waals surface area (Å²) in [6.07, 6.45) is 4.59. The molecule has 0 bridgehead atoms. The molecule has 0 spiro atoms. The molecule has 0 radical (unpaired) electrons. The van der Waals surface area contributed by atoms with Crippen molar-refractivity contribution in [2.24, 2.45) is 22.3 Å². The molecule has 4 N–H and O–H groups in total. The zero-order chi connectivity index (χ0) is 13.0. The molecule has 0 saturated carbocycles. The summed E-state index contributed by atoms with van der Waals surface area (Å²) >= 11 is 0. The fraction of sp³-hybridized carbons (Fsp3) is 1.00. The van der Waals surface area contributed by atoms with E-state index in [1.54, 1.807) is 0 Å². The van der Waals surface area contributed by atoms with Crippen LogP contribution in [0.1, 0.15) is 67.2 Å². The summed E-state index contributed by atoms with van der Waals surface area (Å²) in [6, 6.07) is 0. The highest BCUT2D eigenvalue weighted by molar-refractivity contribution is 5.07. The summed E-state index contributed by atoms with van der Waals surface area (Å²) in [5.41, 5.74) is 12.6. The smallest absolute Gasteiger partial charge is 0.0382 e. The number of hydrogen-bond acceptors (Lipinski definition) is 2. The second kappa shape index (κ2) is 5.50. The Kier molecular flexibility index (Phi) is 5.48. The van der Waals surface area contributed by atoms with Gasteiger partial charge < -0.3 is 11.5 Å². The van der Waals surface area contributed by atoms with Gasteiger partial charge in [-0.15, -0.1) is 0 Å². The number of hydrogen-bond donors (Lipinski definition) is 2. The third kappa shape index (κ3) is 2.78. The van der Waals surface area contributed by atoms with E-state index in [4.69, 9.17) is 11.5 Å². The van der Waals surface area contributed by atoms with Gasteiger partial charge in [0.15, 0.2) is 0 Å². The molecule has 0 amide bonds. The van der Waals surface area contributed by atoms with Crippen LogP contribution in [0.4, 0.5) is 0 Å². The predicted octanol–water partition coefficient (Wildman–Crippen LogP) is 3.30. The Morgan fingerprint density at radius 3 is 1.31 bits per heavy atom. The summed E-state index contributed by atoms with van der Waals surface area (Å²) < 4.78 is 0. The third-order valence-electron chi connectivity index (χ3n) is 4.49. The quantitative estimate of drug-likeness (QED) is 0.702. The lowest BCUT2D eigenvalue weighted by molar-refractivity contribution is 0.0271. The molecular formula is C14H32N2. The van der Waals surface area contributed by atoms with Gasteiger partial charge in [0.2, 0.25) is 0 Å². The molecule has 0 unspecified atom stereocenters. The van der Waals surface area contributed by atoms with E-state index >= 15 is 0 Å². The Morgan fingerprint density at radius 2 is 1.12 bits per heavy atom. The van der Waals surface area contributed by atoms with E-state index in [-0.39, 0.29) is 16.4 Å². The summed E-state index contributed by atoms with van der Waals surface area (Å²) in [6.45, 7) is 14.0.